The van der Waals surface area contributed by atoms with Crippen molar-refractivity contribution < 1.29 is 18.8 Å². The quantitative estimate of drug-likeness (QED) is 0.300. The van der Waals surface area contributed by atoms with E-state index in [1.165, 1.54) is 25.0 Å². The van der Waals surface area contributed by atoms with Gasteiger partial charge in [0.15, 0.2) is 17.6 Å². The molecule has 5 heterocycles. The van der Waals surface area contributed by atoms with Gasteiger partial charge >= 0.3 is 6.09 Å². The van der Waals surface area contributed by atoms with Crippen LogP contribution in [0.4, 0.5) is 15.1 Å². The highest BCUT2D eigenvalue weighted by atomic mass is 35.5. The second-order valence-corrected chi connectivity index (χ2v) is 12.0. The Balaban J connectivity index is 1.42. The fraction of sp³-hybridized carbons (Fsp3) is 0.433. The molecule has 1 amide bonds. The fourth-order valence-corrected chi connectivity index (χ4v) is 6.46. The van der Waals surface area contributed by atoms with Crippen LogP contribution in [0.15, 0.2) is 42.7 Å². The molecule has 4 aromatic rings. The van der Waals surface area contributed by atoms with Crippen LogP contribution < -0.4 is 15.7 Å². The maximum Gasteiger partial charge on any atom is 0.427 e. The molecular formula is C30H32ClFN8O3. The first kappa shape index (κ1) is 27.9. The molecule has 7 rings (SSSR count). The molecule has 2 atom stereocenters. The third kappa shape index (κ3) is 5.62. The largest absolute Gasteiger partial charge is 0.427 e. The Labute approximate surface area is 252 Å². The molecule has 224 valence electrons. The summed E-state index contributed by atoms with van der Waals surface area (Å²) in [6.45, 7) is 4.60. The number of nitrogens with zero attached hydrogens (tertiary/aromatic N) is 6. The number of benzene rings is 1. The lowest BCUT2D eigenvalue weighted by atomic mass is 9.83. The molecule has 1 aromatic carbocycles. The van der Waals surface area contributed by atoms with Crippen molar-refractivity contribution in [2.24, 2.45) is 11.8 Å². The van der Waals surface area contributed by atoms with E-state index in [9.17, 15) is 9.18 Å². The molecule has 3 aromatic heterocycles. The Bertz CT molecular complexity index is 1640. The molecule has 1 saturated carbocycles. The van der Waals surface area contributed by atoms with Crippen LogP contribution in [0.2, 0.25) is 5.02 Å². The van der Waals surface area contributed by atoms with Crippen LogP contribution in [0.25, 0.3) is 22.4 Å². The van der Waals surface area contributed by atoms with Crippen LogP contribution >= 0.6 is 11.6 Å². The van der Waals surface area contributed by atoms with Crippen LogP contribution in [-0.4, -0.2) is 50.4 Å². The number of carbonyl (C=O) groups excluding carboxylic acids is 1. The van der Waals surface area contributed by atoms with Gasteiger partial charge in [0.05, 0.1) is 24.3 Å². The van der Waals surface area contributed by atoms with Gasteiger partial charge in [-0.15, -0.1) is 5.48 Å². The van der Waals surface area contributed by atoms with Crippen LogP contribution in [0, 0.1) is 17.7 Å². The first-order valence-corrected chi connectivity index (χ1v) is 15.0. The minimum Gasteiger partial charge on any atom is -0.377 e. The Hall–Kier alpha value is -3.87. The van der Waals surface area contributed by atoms with E-state index in [4.69, 9.17) is 36.1 Å². The number of imidazole rings is 1. The van der Waals surface area contributed by atoms with Crippen molar-refractivity contribution in [3.63, 3.8) is 0 Å². The Kier molecular flexibility index (Phi) is 7.58. The molecule has 0 bridgehead atoms. The maximum absolute atomic E-state index is 13.9. The van der Waals surface area contributed by atoms with Gasteiger partial charge in [-0.2, -0.15) is 4.98 Å². The van der Waals surface area contributed by atoms with Crippen molar-refractivity contribution in [3.05, 3.63) is 65.0 Å². The summed E-state index contributed by atoms with van der Waals surface area (Å²) in [5.41, 5.74) is 6.13. The molecule has 3 aliphatic rings. The number of morpholine rings is 1. The van der Waals surface area contributed by atoms with Crippen molar-refractivity contribution in [3.8, 4) is 11.3 Å². The highest BCUT2D eigenvalue weighted by Gasteiger charge is 2.34. The van der Waals surface area contributed by atoms with E-state index >= 15 is 0 Å². The zero-order chi connectivity index (χ0) is 29.5. The number of amides is 1. The summed E-state index contributed by atoms with van der Waals surface area (Å²) in [5.74, 6) is 1.92. The molecule has 2 N–H and O–H groups in total. The predicted octanol–water partition coefficient (Wildman–Crippen LogP) is 5.33. The number of ether oxygens (including phenoxy) is 1. The van der Waals surface area contributed by atoms with Gasteiger partial charge in [-0.25, -0.2) is 19.2 Å². The normalized spacial score (nSPS) is 24.3. The number of hydroxylamine groups is 1. The summed E-state index contributed by atoms with van der Waals surface area (Å²) in [7, 11) is 0. The monoisotopic (exact) mass is 606 g/mol. The lowest BCUT2D eigenvalue weighted by Gasteiger charge is -2.37. The minimum absolute atomic E-state index is 0.177. The van der Waals surface area contributed by atoms with Crippen molar-refractivity contribution >= 4 is 34.8 Å². The number of aromatic nitrogens is 5. The molecule has 13 heteroatoms. The maximum atomic E-state index is 13.9. The van der Waals surface area contributed by atoms with Crippen LogP contribution in [0.5, 0.6) is 0 Å². The summed E-state index contributed by atoms with van der Waals surface area (Å²) >= 11 is 6.40. The first-order valence-electron chi connectivity index (χ1n) is 14.6. The molecule has 2 aliphatic heterocycles. The van der Waals surface area contributed by atoms with Gasteiger partial charge < -0.3 is 19.0 Å². The molecule has 0 radical (unpaired) electrons. The van der Waals surface area contributed by atoms with E-state index in [1.54, 1.807) is 24.5 Å². The molecule has 11 nitrogen and oxygen atoms in total. The van der Waals surface area contributed by atoms with E-state index in [0.29, 0.717) is 59.3 Å². The first-order chi connectivity index (χ1) is 20.9. The molecular weight excluding hydrogens is 575 g/mol. The second kappa shape index (κ2) is 11.7. The number of nitrogens with one attached hydrogen (secondary N) is 2. The van der Waals surface area contributed by atoms with E-state index in [1.807, 2.05) is 6.07 Å². The number of hydrogen-bond acceptors (Lipinski definition) is 9. The summed E-state index contributed by atoms with van der Waals surface area (Å²) in [6, 6.07) is 8.18. The molecule has 1 aliphatic carbocycles. The van der Waals surface area contributed by atoms with Crippen molar-refractivity contribution in [1.29, 1.82) is 0 Å². The van der Waals surface area contributed by atoms with Gasteiger partial charge in [0.2, 0.25) is 5.95 Å². The van der Waals surface area contributed by atoms with Gasteiger partial charge in [-0.05, 0) is 48.4 Å². The smallest absolute Gasteiger partial charge is 0.377 e. The minimum atomic E-state index is -0.758. The summed E-state index contributed by atoms with van der Waals surface area (Å²) in [5, 5.41) is 3.15. The van der Waals surface area contributed by atoms with Crippen LogP contribution in [-0.2, 0) is 16.1 Å². The Morgan fingerprint density at radius 1 is 1.09 bits per heavy atom. The SMILES string of the molecule is CC1CCC(Cn2c(N3CCOC[C@H]3c3ccc(F)cc3)nc3nc(C4NOC(=O)N4)nc(-c4cncc(Cl)c4)c32)CC1. The van der Waals surface area contributed by atoms with Gasteiger partial charge in [0.1, 0.15) is 17.0 Å². The summed E-state index contributed by atoms with van der Waals surface area (Å²) in [4.78, 5) is 38.2. The molecule has 0 spiro atoms. The van der Waals surface area contributed by atoms with Gasteiger partial charge in [0.25, 0.3) is 0 Å². The zero-order valence-electron chi connectivity index (χ0n) is 23.7. The van der Waals surface area contributed by atoms with Crippen molar-refractivity contribution in [2.45, 2.75) is 51.4 Å². The third-order valence-electron chi connectivity index (χ3n) is 8.58. The van der Waals surface area contributed by atoms with Crippen molar-refractivity contribution in [1.82, 2.24) is 35.3 Å². The Morgan fingerprint density at radius 2 is 1.91 bits per heavy atom. The highest BCUT2D eigenvalue weighted by Crippen LogP contribution is 2.38. The molecule has 3 fully saturated rings. The highest BCUT2D eigenvalue weighted by molar-refractivity contribution is 6.30. The predicted molar refractivity (Wildman–Crippen MR) is 157 cm³/mol. The average Bonchev–Trinajstić information content (AvgIpc) is 3.62. The number of hydrogen-bond donors (Lipinski definition) is 2. The standard InChI is InChI=1S/C30H32ClFN8O3/c1-17-2-4-18(5-3-17)15-40-25-24(20-12-21(31)14-33-13-20)34-27(28-37-30(41)43-38-28)35-26(25)36-29(40)39-10-11-42-16-23(39)19-6-8-22(32)9-7-19/h6-9,12-14,17-18,23,28,38H,2-5,10-11,15-16H2,1H3,(H,37,41)/t17?,18?,23-,28?/m0/s1. The number of carbonyl (C=O) groups is 1. The lowest BCUT2D eigenvalue weighted by Crippen LogP contribution is -2.41. The van der Waals surface area contributed by atoms with E-state index in [-0.39, 0.29) is 11.9 Å². The van der Waals surface area contributed by atoms with E-state index in [2.05, 4.69) is 32.2 Å². The van der Waals surface area contributed by atoms with Gasteiger partial charge in [0, 0.05) is 31.0 Å². The summed E-state index contributed by atoms with van der Waals surface area (Å²) < 4.78 is 22.0. The number of pyridine rings is 1. The average molecular weight is 607 g/mol. The van der Waals surface area contributed by atoms with Gasteiger partial charge in [-0.1, -0.05) is 43.5 Å². The van der Waals surface area contributed by atoms with Crippen molar-refractivity contribution in [2.75, 3.05) is 24.7 Å². The number of rotatable bonds is 6. The van der Waals surface area contributed by atoms with E-state index < -0.39 is 12.3 Å². The van der Waals surface area contributed by atoms with Crippen LogP contribution in [0.3, 0.4) is 0 Å². The Morgan fingerprint density at radius 3 is 2.65 bits per heavy atom. The third-order valence-corrected chi connectivity index (χ3v) is 8.79. The van der Waals surface area contributed by atoms with Gasteiger partial charge in [-0.3, -0.25) is 10.3 Å². The molecule has 2 saturated heterocycles. The fourth-order valence-electron chi connectivity index (χ4n) is 6.29. The number of fused-ring (bicyclic) bond motifs is 1. The van der Waals surface area contributed by atoms with E-state index in [0.717, 1.165) is 36.4 Å². The second-order valence-electron chi connectivity index (χ2n) is 11.6. The number of anilines is 1. The zero-order valence-corrected chi connectivity index (χ0v) is 24.4. The lowest BCUT2D eigenvalue weighted by molar-refractivity contribution is 0.0927. The molecule has 1 unspecified atom stereocenters. The summed E-state index contributed by atoms with van der Waals surface area (Å²) in [6.07, 6.45) is 6.51. The van der Waals surface area contributed by atoms with Crippen LogP contribution in [0.1, 0.15) is 56.2 Å². The topological polar surface area (TPSA) is 119 Å². The molecule has 43 heavy (non-hydrogen) atoms. The number of halogens is 2.